The zero-order chi connectivity index (χ0) is 14.8. The Morgan fingerprint density at radius 2 is 1.55 bits per heavy atom. The van der Waals surface area contributed by atoms with Crippen molar-refractivity contribution in [2.75, 3.05) is 0 Å². The predicted octanol–water partition coefficient (Wildman–Crippen LogP) is 2.57. The molecule has 4 nitrogen and oxygen atoms in total. The topological polar surface area (TPSA) is 77.2 Å². The van der Waals surface area contributed by atoms with Crippen LogP contribution in [0.5, 0.6) is 0 Å². The fraction of sp³-hybridized carbons (Fsp3) is 0.0714. The van der Waals surface area contributed by atoms with Gasteiger partial charge in [0.2, 0.25) is 15.1 Å². The van der Waals surface area contributed by atoms with Crippen LogP contribution in [-0.4, -0.2) is 13.5 Å². The average Bonchev–Trinajstić information content (AvgIpc) is 2.39. The van der Waals surface area contributed by atoms with Crippen LogP contribution in [0.3, 0.4) is 0 Å². The number of aryl methyl sites for hydroxylation is 1. The second kappa shape index (κ2) is 5.78. The first-order valence-electron chi connectivity index (χ1n) is 5.78. The van der Waals surface area contributed by atoms with E-state index in [1.54, 1.807) is 24.3 Å². The first kappa shape index (κ1) is 14.8. The van der Waals surface area contributed by atoms with E-state index in [0.29, 0.717) is 10.5 Å². The van der Waals surface area contributed by atoms with E-state index >= 15 is 0 Å². The molecule has 0 unspecified atom stereocenters. The van der Waals surface area contributed by atoms with Gasteiger partial charge in [-0.25, -0.2) is 13.6 Å². The fourth-order valence-corrected chi connectivity index (χ4v) is 2.81. The molecule has 0 saturated carbocycles. The molecule has 0 aliphatic rings. The van der Waals surface area contributed by atoms with Crippen LogP contribution in [0.2, 0.25) is 0 Å². The molecule has 0 radical (unpaired) electrons. The van der Waals surface area contributed by atoms with Gasteiger partial charge in [0.05, 0.1) is 4.90 Å². The molecule has 0 aliphatic carbocycles. The van der Waals surface area contributed by atoms with Crippen molar-refractivity contribution >= 4 is 26.9 Å². The number of primary sulfonamides is 1. The van der Waals surface area contributed by atoms with Crippen molar-refractivity contribution in [2.24, 2.45) is 5.14 Å². The molecule has 20 heavy (non-hydrogen) atoms. The summed E-state index contributed by atoms with van der Waals surface area (Å²) in [6.45, 7) is 1.95. The third kappa shape index (κ3) is 3.69. The summed E-state index contributed by atoms with van der Waals surface area (Å²) < 4.78 is 22.2. The maximum absolute atomic E-state index is 12.0. The first-order chi connectivity index (χ1) is 9.36. The van der Waals surface area contributed by atoms with Crippen molar-refractivity contribution in [2.45, 2.75) is 16.7 Å². The molecule has 0 aliphatic heterocycles. The summed E-state index contributed by atoms with van der Waals surface area (Å²) in [6, 6.07) is 13.2. The molecule has 0 aromatic heterocycles. The van der Waals surface area contributed by atoms with Gasteiger partial charge in [0.15, 0.2) is 0 Å². The molecule has 0 fully saturated rings. The molecule has 104 valence electrons. The standard InChI is InChI=1S/C14H13NO3S2/c1-10-2-4-11(5-3-10)14(16)19-12-6-8-13(9-7-12)20(15,17)18/h2-9H,1H3,(H2,15,17,18). The Morgan fingerprint density at radius 3 is 2.05 bits per heavy atom. The number of carbonyl (C=O) groups excluding carboxylic acids is 1. The van der Waals surface area contributed by atoms with E-state index in [0.717, 1.165) is 17.3 Å². The van der Waals surface area contributed by atoms with E-state index in [4.69, 9.17) is 5.14 Å². The Balaban J connectivity index is 2.14. The number of hydrogen-bond donors (Lipinski definition) is 1. The molecule has 2 N–H and O–H groups in total. The Kier molecular flexibility index (Phi) is 4.27. The molecule has 2 aromatic carbocycles. The van der Waals surface area contributed by atoms with Gasteiger partial charge in [-0.05, 0) is 43.0 Å². The van der Waals surface area contributed by atoms with E-state index in [9.17, 15) is 13.2 Å². The number of nitrogens with two attached hydrogens (primary N) is 1. The number of benzene rings is 2. The van der Waals surface area contributed by atoms with Crippen molar-refractivity contribution in [1.82, 2.24) is 0 Å². The largest absolute Gasteiger partial charge is 0.281 e. The Hall–Kier alpha value is -1.63. The summed E-state index contributed by atoms with van der Waals surface area (Å²) in [6.07, 6.45) is 0. The van der Waals surface area contributed by atoms with Crippen LogP contribution in [0.1, 0.15) is 15.9 Å². The minimum atomic E-state index is -3.70. The Morgan fingerprint density at radius 1 is 1.00 bits per heavy atom. The van der Waals surface area contributed by atoms with Gasteiger partial charge in [-0.1, -0.05) is 29.8 Å². The van der Waals surface area contributed by atoms with Crippen LogP contribution in [0.4, 0.5) is 0 Å². The van der Waals surface area contributed by atoms with Crippen LogP contribution in [0.15, 0.2) is 58.3 Å². The van der Waals surface area contributed by atoms with Crippen molar-refractivity contribution in [1.29, 1.82) is 0 Å². The highest BCUT2D eigenvalue weighted by Crippen LogP contribution is 2.24. The van der Waals surface area contributed by atoms with Crippen molar-refractivity contribution < 1.29 is 13.2 Å². The van der Waals surface area contributed by atoms with Gasteiger partial charge in [-0.2, -0.15) is 0 Å². The van der Waals surface area contributed by atoms with Crippen LogP contribution < -0.4 is 5.14 Å². The lowest BCUT2D eigenvalue weighted by Gasteiger charge is -2.03. The smallest absolute Gasteiger partial charge is 0.238 e. The fourth-order valence-electron chi connectivity index (χ4n) is 1.55. The third-order valence-electron chi connectivity index (χ3n) is 2.65. The monoisotopic (exact) mass is 307 g/mol. The second-order valence-electron chi connectivity index (χ2n) is 4.27. The Bertz CT molecular complexity index is 720. The number of sulfonamides is 1. The maximum atomic E-state index is 12.0. The molecule has 6 heteroatoms. The minimum absolute atomic E-state index is 0.0321. The number of rotatable bonds is 3. The summed E-state index contributed by atoms with van der Waals surface area (Å²) in [5, 5.41) is 4.92. The molecule has 0 saturated heterocycles. The molecule has 0 spiro atoms. The summed E-state index contributed by atoms with van der Waals surface area (Å²) in [7, 11) is -3.70. The third-order valence-corrected chi connectivity index (χ3v) is 4.51. The van der Waals surface area contributed by atoms with E-state index in [1.807, 2.05) is 19.1 Å². The number of thioether (sulfide) groups is 1. The van der Waals surface area contributed by atoms with Crippen LogP contribution in [-0.2, 0) is 10.0 Å². The molecule has 0 amide bonds. The van der Waals surface area contributed by atoms with Gasteiger partial charge in [-0.3, -0.25) is 4.79 Å². The molecular weight excluding hydrogens is 294 g/mol. The average molecular weight is 307 g/mol. The number of hydrogen-bond acceptors (Lipinski definition) is 4. The Labute approximate surface area is 122 Å². The summed E-state index contributed by atoms with van der Waals surface area (Å²) in [4.78, 5) is 12.7. The normalized spacial score (nSPS) is 11.3. The zero-order valence-electron chi connectivity index (χ0n) is 10.7. The zero-order valence-corrected chi connectivity index (χ0v) is 12.4. The van der Waals surface area contributed by atoms with Crippen LogP contribution in [0, 0.1) is 6.92 Å². The van der Waals surface area contributed by atoms with Gasteiger partial charge in [0.25, 0.3) is 0 Å². The van der Waals surface area contributed by atoms with Crippen LogP contribution >= 0.6 is 11.8 Å². The second-order valence-corrected chi connectivity index (χ2v) is 6.88. The molecule has 2 rings (SSSR count). The predicted molar refractivity (Wildman–Crippen MR) is 79.2 cm³/mol. The minimum Gasteiger partial charge on any atom is -0.281 e. The number of carbonyl (C=O) groups is 1. The van der Waals surface area contributed by atoms with E-state index in [1.165, 1.54) is 12.1 Å². The molecule has 2 aromatic rings. The highest BCUT2D eigenvalue weighted by Gasteiger charge is 2.10. The van der Waals surface area contributed by atoms with E-state index in [2.05, 4.69) is 0 Å². The van der Waals surface area contributed by atoms with Gasteiger partial charge < -0.3 is 0 Å². The summed E-state index contributed by atoms with van der Waals surface area (Å²) >= 11 is 1.05. The van der Waals surface area contributed by atoms with Crippen molar-refractivity contribution in [3.8, 4) is 0 Å². The summed E-state index contributed by atoms with van der Waals surface area (Å²) in [5.74, 6) is 0. The lowest BCUT2D eigenvalue weighted by molar-refractivity contribution is 0.108. The SMILES string of the molecule is Cc1ccc(C(=O)Sc2ccc(S(N)(=O)=O)cc2)cc1. The highest BCUT2D eigenvalue weighted by molar-refractivity contribution is 8.14. The van der Waals surface area contributed by atoms with Crippen molar-refractivity contribution in [3.05, 3.63) is 59.7 Å². The molecule has 0 atom stereocenters. The summed E-state index contributed by atoms with van der Waals surface area (Å²) in [5.41, 5.74) is 1.69. The lowest BCUT2D eigenvalue weighted by atomic mass is 10.2. The molecule has 0 heterocycles. The van der Waals surface area contributed by atoms with Gasteiger partial charge >= 0.3 is 0 Å². The van der Waals surface area contributed by atoms with Gasteiger partial charge in [0, 0.05) is 10.5 Å². The van der Waals surface area contributed by atoms with E-state index in [-0.39, 0.29) is 10.0 Å². The van der Waals surface area contributed by atoms with Gasteiger partial charge in [0.1, 0.15) is 0 Å². The quantitative estimate of drug-likeness (QED) is 0.884. The van der Waals surface area contributed by atoms with Gasteiger partial charge in [-0.15, -0.1) is 0 Å². The van der Waals surface area contributed by atoms with Crippen LogP contribution in [0.25, 0.3) is 0 Å². The first-order valence-corrected chi connectivity index (χ1v) is 8.14. The van der Waals surface area contributed by atoms with E-state index < -0.39 is 10.0 Å². The lowest BCUT2D eigenvalue weighted by Crippen LogP contribution is -2.11. The molecule has 0 bridgehead atoms. The highest BCUT2D eigenvalue weighted by atomic mass is 32.2. The van der Waals surface area contributed by atoms with Crippen molar-refractivity contribution in [3.63, 3.8) is 0 Å². The maximum Gasteiger partial charge on any atom is 0.238 e. The molecular formula is C14H13NO3S2.